The molecule has 1 aliphatic heterocycles. The molecule has 1 aromatic carbocycles. The van der Waals surface area contributed by atoms with Gasteiger partial charge in [0.15, 0.2) is 0 Å². The van der Waals surface area contributed by atoms with E-state index < -0.39 is 49.4 Å². The van der Waals surface area contributed by atoms with E-state index in [1.165, 1.54) is 14.0 Å². The monoisotopic (exact) mass is 360 g/mol. The summed E-state index contributed by atoms with van der Waals surface area (Å²) in [6.07, 6.45) is -4.73. The van der Waals surface area contributed by atoms with Crippen molar-refractivity contribution < 1.29 is 37.5 Å². The SMILES string of the molecule is CN[C@H](C(=O)O)C(C)NC(=O)c1cc2c(c(C(F)(F)F)c1)COB2O. The summed E-state index contributed by atoms with van der Waals surface area (Å²) < 4.78 is 44.4. The molecule has 1 unspecified atom stereocenters. The van der Waals surface area contributed by atoms with E-state index in [1.807, 2.05) is 0 Å². The lowest BCUT2D eigenvalue weighted by Gasteiger charge is -2.21. The van der Waals surface area contributed by atoms with Gasteiger partial charge in [-0.05, 0) is 37.1 Å². The zero-order valence-corrected chi connectivity index (χ0v) is 13.3. The second-order valence-corrected chi connectivity index (χ2v) is 5.62. The van der Waals surface area contributed by atoms with E-state index in [0.29, 0.717) is 6.07 Å². The number of nitrogens with one attached hydrogen (secondary N) is 2. The molecule has 136 valence electrons. The number of hydrogen-bond acceptors (Lipinski definition) is 5. The number of fused-ring (bicyclic) bond motifs is 1. The molecule has 0 radical (unpaired) electrons. The van der Waals surface area contributed by atoms with Crippen LogP contribution in [-0.4, -0.2) is 48.3 Å². The second-order valence-electron chi connectivity index (χ2n) is 5.62. The molecule has 2 atom stereocenters. The molecule has 4 N–H and O–H groups in total. The van der Waals surface area contributed by atoms with Gasteiger partial charge in [-0.3, -0.25) is 9.59 Å². The van der Waals surface area contributed by atoms with Crippen LogP contribution in [0, 0.1) is 0 Å². The first kappa shape index (κ1) is 19.2. The van der Waals surface area contributed by atoms with Crippen molar-refractivity contribution in [2.45, 2.75) is 31.8 Å². The second kappa shape index (κ2) is 7.02. The van der Waals surface area contributed by atoms with Crippen LogP contribution < -0.4 is 16.1 Å². The van der Waals surface area contributed by atoms with E-state index in [9.17, 15) is 27.8 Å². The Kier molecular flexibility index (Phi) is 5.40. The third kappa shape index (κ3) is 3.94. The first-order valence-electron chi connectivity index (χ1n) is 7.31. The molecular formula is C14H16BF3N2O5. The lowest BCUT2D eigenvalue weighted by Crippen LogP contribution is -2.51. The van der Waals surface area contributed by atoms with Crippen LogP contribution >= 0.6 is 0 Å². The standard InChI is InChI=1S/C14H16BF3N2O5/c1-6(11(19-2)13(22)23)20-12(21)7-3-9(14(16,17)18)8-5-25-15(24)10(8)4-7/h3-4,6,11,19,24H,5H2,1-2H3,(H,20,21)(H,22,23)/t6?,11-/m0/s1. The summed E-state index contributed by atoms with van der Waals surface area (Å²) in [5.74, 6) is -2.11. The fourth-order valence-corrected chi connectivity index (χ4v) is 2.67. The number of hydrogen-bond donors (Lipinski definition) is 4. The van der Waals surface area contributed by atoms with Crippen molar-refractivity contribution in [2.24, 2.45) is 0 Å². The molecule has 0 bridgehead atoms. The molecule has 2 rings (SSSR count). The number of carbonyl (C=O) groups is 2. The molecular weight excluding hydrogens is 344 g/mol. The Morgan fingerprint density at radius 3 is 2.52 bits per heavy atom. The topological polar surface area (TPSA) is 108 Å². The fourth-order valence-electron chi connectivity index (χ4n) is 2.67. The van der Waals surface area contributed by atoms with Crippen LogP contribution in [0.3, 0.4) is 0 Å². The highest BCUT2D eigenvalue weighted by Gasteiger charge is 2.40. The van der Waals surface area contributed by atoms with Crippen LogP contribution in [0.2, 0.25) is 0 Å². The number of likely N-dealkylation sites (N-methyl/N-ethyl adjacent to an activating group) is 1. The fraction of sp³-hybridized carbons (Fsp3) is 0.429. The Hall–Kier alpha value is -2.11. The van der Waals surface area contributed by atoms with Crippen molar-refractivity contribution >= 4 is 24.5 Å². The van der Waals surface area contributed by atoms with Crippen molar-refractivity contribution in [1.82, 2.24) is 10.6 Å². The molecule has 7 nitrogen and oxygen atoms in total. The number of halogens is 3. The molecule has 1 amide bonds. The minimum atomic E-state index is -4.73. The quantitative estimate of drug-likeness (QED) is 0.538. The van der Waals surface area contributed by atoms with E-state index in [1.54, 1.807) is 0 Å². The van der Waals surface area contributed by atoms with Gasteiger partial charge in [0.05, 0.1) is 18.2 Å². The van der Waals surface area contributed by atoms with Gasteiger partial charge >= 0.3 is 19.3 Å². The third-order valence-corrected chi connectivity index (χ3v) is 3.94. The van der Waals surface area contributed by atoms with Gasteiger partial charge in [0.25, 0.3) is 5.91 Å². The van der Waals surface area contributed by atoms with Crippen molar-refractivity contribution in [3.8, 4) is 0 Å². The smallest absolute Gasteiger partial charge is 0.480 e. The molecule has 0 aromatic heterocycles. The predicted molar refractivity (Wildman–Crippen MR) is 81.3 cm³/mol. The van der Waals surface area contributed by atoms with Gasteiger partial charge in [0.2, 0.25) is 0 Å². The van der Waals surface area contributed by atoms with E-state index in [-0.39, 0.29) is 16.6 Å². The number of carboxylic acids is 1. The Morgan fingerprint density at radius 1 is 1.36 bits per heavy atom. The molecule has 0 fully saturated rings. The van der Waals surface area contributed by atoms with E-state index in [0.717, 1.165) is 6.07 Å². The molecule has 0 aliphatic carbocycles. The number of alkyl halides is 3. The number of amides is 1. The highest BCUT2D eigenvalue weighted by Crippen LogP contribution is 2.34. The normalized spacial score (nSPS) is 16.3. The summed E-state index contributed by atoms with van der Waals surface area (Å²) in [6, 6.07) is -0.232. The molecule has 1 aliphatic rings. The molecule has 11 heteroatoms. The first-order chi connectivity index (χ1) is 11.6. The third-order valence-electron chi connectivity index (χ3n) is 3.94. The van der Waals surface area contributed by atoms with Crippen molar-refractivity contribution in [2.75, 3.05) is 7.05 Å². The van der Waals surface area contributed by atoms with Gasteiger partial charge < -0.3 is 25.4 Å². The van der Waals surface area contributed by atoms with Gasteiger partial charge in [-0.15, -0.1) is 0 Å². The molecule has 0 saturated heterocycles. The average molecular weight is 360 g/mol. The summed E-state index contributed by atoms with van der Waals surface area (Å²) in [5, 5.41) is 23.5. The van der Waals surface area contributed by atoms with E-state index >= 15 is 0 Å². The Labute approximate surface area is 141 Å². The number of rotatable bonds is 5. The zero-order chi connectivity index (χ0) is 18.9. The Morgan fingerprint density at radius 2 is 2.00 bits per heavy atom. The molecule has 0 saturated carbocycles. The summed E-state index contributed by atoms with van der Waals surface area (Å²) in [6.45, 7) is 0.994. The van der Waals surface area contributed by atoms with Gasteiger partial charge in [-0.2, -0.15) is 13.2 Å². The summed E-state index contributed by atoms with van der Waals surface area (Å²) in [7, 11) is -0.169. The largest absolute Gasteiger partial charge is 0.491 e. The van der Waals surface area contributed by atoms with Crippen LogP contribution in [-0.2, 0) is 22.2 Å². The maximum atomic E-state index is 13.2. The van der Waals surface area contributed by atoms with Gasteiger partial charge in [0, 0.05) is 5.56 Å². The maximum absolute atomic E-state index is 13.2. The molecule has 1 aromatic rings. The highest BCUT2D eigenvalue weighted by atomic mass is 19.4. The van der Waals surface area contributed by atoms with E-state index in [4.69, 9.17) is 9.76 Å². The van der Waals surface area contributed by atoms with Crippen LogP contribution in [0.4, 0.5) is 13.2 Å². The predicted octanol–water partition coefficient (Wildman–Crippen LogP) is -0.286. The molecule has 25 heavy (non-hydrogen) atoms. The maximum Gasteiger partial charge on any atom is 0.491 e. The van der Waals surface area contributed by atoms with Crippen LogP contribution in [0.15, 0.2) is 12.1 Å². The van der Waals surface area contributed by atoms with E-state index in [2.05, 4.69) is 10.6 Å². The Balaban J connectivity index is 2.35. The summed E-state index contributed by atoms with van der Waals surface area (Å²) in [5.41, 5.74) is -1.76. The van der Waals surface area contributed by atoms with Gasteiger partial charge in [-0.1, -0.05) is 0 Å². The minimum absolute atomic E-state index is 0.129. The van der Waals surface area contributed by atoms with Crippen LogP contribution in [0.1, 0.15) is 28.4 Å². The number of carbonyl (C=O) groups excluding carboxylic acids is 1. The zero-order valence-electron chi connectivity index (χ0n) is 13.3. The lowest BCUT2D eigenvalue weighted by molar-refractivity contribution is -0.140. The van der Waals surface area contributed by atoms with Gasteiger partial charge in [0.1, 0.15) is 6.04 Å². The minimum Gasteiger partial charge on any atom is -0.480 e. The van der Waals surface area contributed by atoms with Crippen LogP contribution in [0.25, 0.3) is 0 Å². The molecule has 0 spiro atoms. The van der Waals surface area contributed by atoms with Crippen LogP contribution in [0.5, 0.6) is 0 Å². The molecule has 1 heterocycles. The van der Waals surface area contributed by atoms with Crippen molar-refractivity contribution in [3.63, 3.8) is 0 Å². The first-order valence-corrected chi connectivity index (χ1v) is 7.31. The number of aliphatic carboxylic acids is 1. The summed E-state index contributed by atoms with van der Waals surface area (Å²) >= 11 is 0. The number of carboxylic acid groups (broad SMARTS) is 1. The van der Waals surface area contributed by atoms with Crippen molar-refractivity contribution in [1.29, 1.82) is 0 Å². The van der Waals surface area contributed by atoms with Gasteiger partial charge in [-0.25, -0.2) is 0 Å². The van der Waals surface area contributed by atoms with Crippen molar-refractivity contribution in [3.05, 3.63) is 28.8 Å². The average Bonchev–Trinajstić information content (AvgIpc) is 2.87. The lowest BCUT2D eigenvalue weighted by atomic mass is 9.77. The summed E-state index contributed by atoms with van der Waals surface area (Å²) in [4.78, 5) is 23.3. The Bertz CT molecular complexity index is 698. The number of benzene rings is 1. The highest BCUT2D eigenvalue weighted by molar-refractivity contribution is 6.61.